The third kappa shape index (κ3) is 2.78. The molecule has 0 fully saturated rings. The normalized spacial score (nSPS) is 12.1. The molecular formula is C9H16S3Si. The third-order valence-electron chi connectivity index (χ3n) is 1.81. The molecule has 74 valence electrons. The van der Waals surface area contributed by atoms with Crippen molar-refractivity contribution in [3.8, 4) is 0 Å². The molecule has 0 aliphatic rings. The molecule has 0 bridgehead atoms. The fourth-order valence-corrected chi connectivity index (χ4v) is 6.20. The van der Waals surface area contributed by atoms with Gasteiger partial charge in [0, 0.05) is 4.90 Å². The maximum absolute atomic E-state index is 2.41. The van der Waals surface area contributed by atoms with Gasteiger partial charge < -0.3 is 0 Å². The van der Waals surface area contributed by atoms with Crippen LogP contribution >= 0.6 is 34.9 Å². The van der Waals surface area contributed by atoms with Crippen LogP contribution in [0, 0.1) is 0 Å². The van der Waals surface area contributed by atoms with Crippen molar-refractivity contribution in [1.82, 2.24) is 0 Å². The first kappa shape index (κ1) is 11.7. The first-order valence-electron chi connectivity index (χ1n) is 4.21. The third-order valence-corrected chi connectivity index (χ3v) is 8.68. The summed E-state index contributed by atoms with van der Waals surface area (Å²) in [6.07, 6.45) is 4.33. The predicted molar refractivity (Wildman–Crippen MR) is 70.9 cm³/mol. The molecule has 0 amide bonds. The van der Waals surface area contributed by atoms with E-state index in [2.05, 4.69) is 38.2 Å². The fourth-order valence-electron chi connectivity index (χ4n) is 1.01. The summed E-state index contributed by atoms with van der Waals surface area (Å²) in [7, 11) is -1.08. The van der Waals surface area contributed by atoms with Gasteiger partial charge in [0.15, 0.2) is 0 Å². The molecule has 0 spiro atoms. The zero-order valence-electron chi connectivity index (χ0n) is 8.80. The molecule has 4 heteroatoms. The van der Waals surface area contributed by atoms with Gasteiger partial charge in [0.05, 0.1) is 12.3 Å². The topological polar surface area (TPSA) is 0 Å². The van der Waals surface area contributed by atoms with E-state index in [1.54, 1.807) is 4.50 Å². The van der Waals surface area contributed by atoms with E-state index in [9.17, 15) is 0 Å². The number of rotatable bonds is 3. The SMILES string of the molecule is CSc1cc([Si](C)(C)C)sc1SC. The van der Waals surface area contributed by atoms with Gasteiger partial charge in [-0.15, -0.1) is 34.9 Å². The van der Waals surface area contributed by atoms with Crippen LogP contribution in [0.3, 0.4) is 0 Å². The highest BCUT2D eigenvalue weighted by molar-refractivity contribution is 8.03. The molecule has 1 heterocycles. The van der Waals surface area contributed by atoms with Gasteiger partial charge in [-0.05, 0) is 23.1 Å². The second-order valence-electron chi connectivity index (χ2n) is 3.92. The Morgan fingerprint density at radius 3 is 2.08 bits per heavy atom. The van der Waals surface area contributed by atoms with E-state index in [0.717, 1.165) is 0 Å². The van der Waals surface area contributed by atoms with E-state index in [0.29, 0.717) is 0 Å². The maximum atomic E-state index is 2.41. The van der Waals surface area contributed by atoms with Gasteiger partial charge in [0.25, 0.3) is 0 Å². The molecular weight excluding hydrogens is 232 g/mol. The summed E-state index contributed by atoms with van der Waals surface area (Å²) in [6, 6.07) is 2.40. The Balaban J connectivity index is 3.07. The van der Waals surface area contributed by atoms with E-state index >= 15 is 0 Å². The molecule has 0 aliphatic carbocycles. The van der Waals surface area contributed by atoms with Crippen LogP contribution in [0.5, 0.6) is 0 Å². The molecule has 0 aliphatic heterocycles. The average Bonchev–Trinajstić information content (AvgIpc) is 2.45. The van der Waals surface area contributed by atoms with Gasteiger partial charge in [-0.3, -0.25) is 0 Å². The second-order valence-corrected chi connectivity index (χ2v) is 12.3. The number of hydrogen-bond acceptors (Lipinski definition) is 3. The molecule has 0 nitrogen and oxygen atoms in total. The number of hydrogen-bond donors (Lipinski definition) is 0. The van der Waals surface area contributed by atoms with Crippen LogP contribution in [0.15, 0.2) is 15.2 Å². The first-order chi connectivity index (χ1) is 5.99. The highest BCUT2D eigenvalue weighted by Gasteiger charge is 2.20. The van der Waals surface area contributed by atoms with Crippen LogP contribution in [0.25, 0.3) is 0 Å². The van der Waals surface area contributed by atoms with E-state index in [1.165, 1.54) is 9.10 Å². The molecule has 13 heavy (non-hydrogen) atoms. The Kier molecular flexibility index (Phi) is 3.98. The van der Waals surface area contributed by atoms with Crippen LogP contribution in [0.4, 0.5) is 0 Å². The van der Waals surface area contributed by atoms with Crippen molar-refractivity contribution in [2.45, 2.75) is 28.7 Å². The predicted octanol–water partition coefficient (Wildman–Crippen LogP) is 3.74. The molecule has 1 aromatic heterocycles. The molecule has 0 saturated carbocycles. The van der Waals surface area contributed by atoms with Crippen LogP contribution in [0.2, 0.25) is 19.6 Å². The smallest absolute Gasteiger partial charge is 0.0905 e. The van der Waals surface area contributed by atoms with Gasteiger partial charge in [0.1, 0.15) is 0 Å². The second kappa shape index (κ2) is 4.42. The summed E-state index contributed by atoms with van der Waals surface area (Å²) in [5, 5.41) is 0. The van der Waals surface area contributed by atoms with Gasteiger partial charge in [-0.25, -0.2) is 0 Å². The minimum atomic E-state index is -1.08. The van der Waals surface area contributed by atoms with Gasteiger partial charge in [-0.2, -0.15) is 0 Å². The summed E-state index contributed by atoms with van der Waals surface area (Å²) in [5.74, 6) is 0. The average molecular weight is 249 g/mol. The quantitative estimate of drug-likeness (QED) is 0.590. The van der Waals surface area contributed by atoms with Crippen molar-refractivity contribution in [3.05, 3.63) is 6.07 Å². The Morgan fingerprint density at radius 1 is 1.15 bits per heavy atom. The van der Waals surface area contributed by atoms with Gasteiger partial charge >= 0.3 is 0 Å². The first-order valence-corrected chi connectivity index (χ1v) is 11.0. The Hall–Kier alpha value is 0.617. The molecule has 0 aromatic carbocycles. The summed E-state index contributed by atoms with van der Waals surface area (Å²) in [5.41, 5.74) is 0. The molecule has 0 unspecified atom stereocenters. The Bertz CT molecular complexity index is 264. The van der Waals surface area contributed by atoms with Gasteiger partial charge in [0.2, 0.25) is 0 Å². The lowest BCUT2D eigenvalue weighted by Gasteiger charge is -2.12. The van der Waals surface area contributed by atoms with E-state index in [-0.39, 0.29) is 0 Å². The summed E-state index contributed by atoms with van der Waals surface area (Å²) in [4.78, 5) is 1.47. The fraction of sp³-hybridized carbons (Fsp3) is 0.556. The Labute approximate surface area is 94.5 Å². The molecule has 1 rings (SSSR count). The largest absolute Gasteiger partial charge is 0.137 e. The molecule has 1 aromatic rings. The van der Waals surface area contributed by atoms with Crippen molar-refractivity contribution in [2.24, 2.45) is 0 Å². The Morgan fingerprint density at radius 2 is 1.77 bits per heavy atom. The molecule has 0 radical (unpaired) electrons. The standard InChI is InChI=1S/C9H16S3Si/c1-10-7-6-8(13(3,4)5)12-9(7)11-2/h6H,1-5H3. The maximum Gasteiger partial charge on any atom is 0.0905 e. The van der Waals surface area contributed by atoms with E-state index in [4.69, 9.17) is 0 Å². The molecule has 0 N–H and O–H groups in total. The lowest BCUT2D eigenvalue weighted by atomic mass is 10.7. The summed E-state index contributed by atoms with van der Waals surface area (Å²) < 4.78 is 3.12. The monoisotopic (exact) mass is 248 g/mol. The van der Waals surface area contributed by atoms with Crippen molar-refractivity contribution in [2.75, 3.05) is 12.5 Å². The minimum absolute atomic E-state index is 1.08. The zero-order valence-corrected chi connectivity index (χ0v) is 12.3. The number of thioether (sulfide) groups is 2. The lowest BCUT2D eigenvalue weighted by Crippen LogP contribution is -2.34. The number of thiophene rings is 1. The lowest BCUT2D eigenvalue weighted by molar-refractivity contribution is 1.41. The van der Waals surface area contributed by atoms with Crippen LogP contribution in [0.1, 0.15) is 0 Å². The van der Waals surface area contributed by atoms with E-state index in [1.807, 2.05) is 34.9 Å². The van der Waals surface area contributed by atoms with Crippen LogP contribution < -0.4 is 4.50 Å². The van der Waals surface area contributed by atoms with Crippen molar-refractivity contribution < 1.29 is 0 Å². The van der Waals surface area contributed by atoms with Crippen LogP contribution in [-0.4, -0.2) is 20.6 Å². The van der Waals surface area contributed by atoms with Crippen LogP contribution in [-0.2, 0) is 0 Å². The minimum Gasteiger partial charge on any atom is -0.137 e. The van der Waals surface area contributed by atoms with Crippen molar-refractivity contribution in [1.29, 1.82) is 0 Å². The summed E-state index contributed by atoms with van der Waals surface area (Å²) in [6.45, 7) is 7.23. The summed E-state index contributed by atoms with van der Waals surface area (Å²) >= 11 is 5.74. The zero-order chi connectivity index (χ0) is 10.1. The molecule has 0 atom stereocenters. The highest BCUT2D eigenvalue weighted by Crippen LogP contribution is 2.33. The van der Waals surface area contributed by atoms with Gasteiger partial charge in [-0.1, -0.05) is 19.6 Å². The van der Waals surface area contributed by atoms with E-state index < -0.39 is 8.07 Å². The highest BCUT2D eigenvalue weighted by atomic mass is 32.2. The van der Waals surface area contributed by atoms with Crippen molar-refractivity contribution >= 4 is 47.4 Å². The molecule has 0 saturated heterocycles. The van der Waals surface area contributed by atoms with Crippen molar-refractivity contribution in [3.63, 3.8) is 0 Å².